The van der Waals surface area contributed by atoms with Crippen LogP contribution in [-0.4, -0.2) is 30.5 Å². The first-order valence-electron chi connectivity index (χ1n) is 5.20. The lowest BCUT2D eigenvalue weighted by Gasteiger charge is -2.24. The molecule has 0 atom stereocenters. The van der Waals surface area contributed by atoms with E-state index >= 15 is 0 Å². The van der Waals surface area contributed by atoms with Crippen LogP contribution in [0, 0.1) is 0 Å². The molecule has 5 nitrogen and oxygen atoms in total. The summed E-state index contributed by atoms with van der Waals surface area (Å²) in [6.07, 6.45) is 0. The first kappa shape index (κ1) is 9.21. The first-order valence-corrected chi connectivity index (χ1v) is 5.20. The molecule has 0 bridgehead atoms. The fourth-order valence-electron chi connectivity index (χ4n) is 1.80. The third-order valence-electron chi connectivity index (χ3n) is 2.59. The Kier molecular flexibility index (Phi) is 2.02. The summed E-state index contributed by atoms with van der Waals surface area (Å²) in [5.41, 5.74) is 1.58. The summed E-state index contributed by atoms with van der Waals surface area (Å²) in [5.74, 6) is 0.00788. The Balaban J connectivity index is 1.96. The second-order valence-corrected chi connectivity index (χ2v) is 3.74. The number of amides is 1. The summed E-state index contributed by atoms with van der Waals surface area (Å²) in [7, 11) is 0. The van der Waals surface area contributed by atoms with E-state index in [0.717, 1.165) is 17.6 Å². The van der Waals surface area contributed by atoms with Gasteiger partial charge in [0.1, 0.15) is 12.1 Å². The van der Waals surface area contributed by atoms with Crippen molar-refractivity contribution in [1.29, 1.82) is 0 Å². The van der Waals surface area contributed by atoms with Gasteiger partial charge >= 0.3 is 0 Å². The number of hydrogen-bond acceptors (Lipinski definition) is 4. The molecule has 2 aromatic rings. The predicted molar refractivity (Wildman–Crippen MR) is 59.2 cm³/mol. The van der Waals surface area contributed by atoms with Gasteiger partial charge in [0.25, 0.3) is 6.01 Å². The topological polar surface area (TPSA) is 58.4 Å². The minimum Gasteiger partial charge on any atom is -0.423 e. The van der Waals surface area contributed by atoms with E-state index in [-0.39, 0.29) is 5.91 Å². The number of aromatic nitrogens is 1. The lowest BCUT2D eigenvalue weighted by Crippen LogP contribution is -2.47. The van der Waals surface area contributed by atoms with Crippen molar-refractivity contribution in [2.45, 2.75) is 0 Å². The van der Waals surface area contributed by atoms with Gasteiger partial charge in [0, 0.05) is 13.1 Å². The lowest BCUT2D eigenvalue weighted by atomic mass is 10.3. The normalized spacial score (nSPS) is 16.5. The summed E-state index contributed by atoms with van der Waals surface area (Å²) >= 11 is 0. The van der Waals surface area contributed by atoms with Crippen molar-refractivity contribution in [2.75, 3.05) is 24.5 Å². The SMILES string of the molecule is O=C1CN(c2nc3ccccc3o2)CCN1. The Bertz CT molecular complexity index is 502. The molecule has 1 aliphatic heterocycles. The maximum absolute atomic E-state index is 11.2. The molecule has 1 aromatic carbocycles. The van der Waals surface area contributed by atoms with Crippen LogP contribution in [0.2, 0.25) is 0 Å². The number of nitrogens with zero attached hydrogens (tertiary/aromatic N) is 2. The molecule has 0 radical (unpaired) electrons. The van der Waals surface area contributed by atoms with Crippen molar-refractivity contribution < 1.29 is 9.21 Å². The van der Waals surface area contributed by atoms with Gasteiger partial charge in [0.05, 0.1) is 0 Å². The number of benzene rings is 1. The van der Waals surface area contributed by atoms with E-state index in [1.54, 1.807) is 0 Å². The van der Waals surface area contributed by atoms with E-state index in [1.807, 2.05) is 29.2 Å². The van der Waals surface area contributed by atoms with E-state index in [1.165, 1.54) is 0 Å². The molecule has 1 amide bonds. The minimum absolute atomic E-state index is 0.00788. The van der Waals surface area contributed by atoms with Gasteiger partial charge in [-0.25, -0.2) is 0 Å². The lowest BCUT2D eigenvalue weighted by molar-refractivity contribution is -0.120. The molecule has 3 rings (SSSR count). The van der Waals surface area contributed by atoms with E-state index in [9.17, 15) is 4.79 Å². The molecule has 0 spiro atoms. The third-order valence-corrected chi connectivity index (χ3v) is 2.59. The van der Waals surface area contributed by atoms with Crippen molar-refractivity contribution in [3.63, 3.8) is 0 Å². The molecule has 1 saturated heterocycles. The molecular formula is C11H11N3O2. The molecule has 1 fully saturated rings. The van der Waals surface area contributed by atoms with E-state index in [4.69, 9.17) is 4.42 Å². The van der Waals surface area contributed by atoms with Crippen molar-refractivity contribution in [3.05, 3.63) is 24.3 Å². The van der Waals surface area contributed by atoms with Crippen LogP contribution >= 0.6 is 0 Å². The number of carbonyl (C=O) groups excluding carboxylic acids is 1. The maximum Gasteiger partial charge on any atom is 0.298 e. The van der Waals surface area contributed by atoms with Crippen LogP contribution in [0.4, 0.5) is 6.01 Å². The zero-order valence-electron chi connectivity index (χ0n) is 8.64. The molecule has 5 heteroatoms. The molecule has 1 aromatic heterocycles. The van der Waals surface area contributed by atoms with E-state index in [0.29, 0.717) is 19.1 Å². The molecule has 1 aliphatic rings. The highest BCUT2D eigenvalue weighted by atomic mass is 16.4. The molecule has 0 unspecified atom stereocenters. The average Bonchev–Trinajstić information content (AvgIpc) is 2.72. The Morgan fingerprint density at radius 2 is 2.25 bits per heavy atom. The molecule has 0 saturated carbocycles. The van der Waals surface area contributed by atoms with Crippen LogP contribution < -0.4 is 10.2 Å². The summed E-state index contributed by atoms with van der Waals surface area (Å²) in [5, 5.41) is 2.77. The van der Waals surface area contributed by atoms with Crippen LogP contribution in [0.25, 0.3) is 11.1 Å². The quantitative estimate of drug-likeness (QED) is 0.766. The summed E-state index contributed by atoms with van der Waals surface area (Å²) in [4.78, 5) is 17.4. The van der Waals surface area contributed by atoms with Gasteiger partial charge in [-0.05, 0) is 12.1 Å². The molecule has 82 valence electrons. The van der Waals surface area contributed by atoms with Crippen molar-refractivity contribution in [1.82, 2.24) is 10.3 Å². The second kappa shape index (κ2) is 3.52. The number of rotatable bonds is 1. The van der Waals surface area contributed by atoms with Crippen LogP contribution in [0.5, 0.6) is 0 Å². The number of anilines is 1. The second-order valence-electron chi connectivity index (χ2n) is 3.74. The predicted octanol–water partition coefficient (Wildman–Crippen LogP) is 0.764. The van der Waals surface area contributed by atoms with Crippen molar-refractivity contribution >= 4 is 23.0 Å². The summed E-state index contributed by atoms with van der Waals surface area (Å²) < 4.78 is 5.59. The number of carbonyl (C=O) groups is 1. The fraction of sp³-hybridized carbons (Fsp3) is 0.273. The van der Waals surface area contributed by atoms with Crippen LogP contribution in [0.3, 0.4) is 0 Å². The van der Waals surface area contributed by atoms with E-state index in [2.05, 4.69) is 10.3 Å². The number of para-hydroxylation sites is 2. The summed E-state index contributed by atoms with van der Waals surface area (Å²) in [6.45, 7) is 1.68. The highest BCUT2D eigenvalue weighted by molar-refractivity contribution is 5.82. The molecule has 1 N–H and O–H groups in total. The molecule has 16 heavy (non-hydrogen) atoms. The first-order chi connectivity index (χ1) is 7.83. The Hall–Kier alpha value is -2.04. The fourth-order valence-corrected chi connectivity index (χ4v) is 1.80. The Morgan fingerprint density at radius 3 is 3.06 bits per heavy atom. The van der Waals surface area contributed by atoms with Crippen LogP contribution in [0.1, 0.15) is 0 Å². The number of fused-ring (bicyclic) bond motifs is 1. The van der Waals surface area contributed by atoms with Gasteiger partial charge in [-0.15, -0.1) is 0 Å². The van der Waals surface area contributed by atoms with Crippen LogP contribution in [0.15, 0.2) is 28.7 Å². The number of piperazine rings is 1. The highest BCUT2D eigenvalue weighted by Gasteiger charge is 2.20. The number of nitrogens with one attached hydrogen (secondary N) is 1. The highest BCUT2D eigenvalue weighted by Crippen LogP contribution is 2.21. The largest absolute Gasteiger partial charge is 0.423 e. The standard InChI is InChI=1S/C11H11N3O2/c15-10-7-14(6-5-12-10)11-13-8-3-1-2-4-9(8)16-11/h1-4H,5-7H2,(H,12,15). The molecule has 0 aliphatic carbocycles. The van der Waals surface area contributed by atoms with Crippen LogP contribution in [-0.2, 0) is 4.79 Å². The minimum atomic E-state index is 0.00788. The zero-order chi connectivity index (χ0) is 11.0. The molecule has 2 heterocycles. The maximum atomic E-state index is 11.2. The van der Waals surface area contributed by atoms with E-state index < -0.39 is 0 Å². The smallest absolute Gasteiger partial charge is 0.298 e. The third kappa shape index (κ3) is 1.50. The van der Waals surface area contributed by atoms with Crippen molar-refractivity contribution in [3.8, 4) is 0 Å². The van der Waals surface area contributed by atoms with Gasteiger partial charge in [0.2, 0.25) is 5.91 Å². The average molecular weight is 217 g/mol. The zero-order valence-corrected chi connectivity index (χ0v) is 8.64. The molecular weight excluding hydrogens is 206 g/mol. The van der Waals surface area contributed by atoms with Gasteiger partial charge in [-0.3, -0.25) is 4.79 Å². The van der Waals surface area contributed by atoms with Gasteiger partial charge in [-0.1, -0.05) is 12.1 Å². The number of oxazole rings is 1. The van der Waals surface area contributed by atoms with Gasteiger partial charge in [-0.2, -0.15) is 4.98 Å². The Labute approximate surface area is 92.1 Å². The van der Waals surface area contributed by atoms with Crippen molar-refractivity contribution in [2.24, 2.45) is 0 Å². The monoisotopic (exact) mass is 217 g/mol. The van der Waals surface area contributed by atoms with Gasteiger partial charge in [0.15, 0.2) is 5.58 Å². The Morgan fingerprint density at radius 1 is 1.38 bits per heavy atom. The summed E-state index contributed by atoms with van der Waals surface area (Å²) in [6, 6.07) is 8.11. The number of hydrogen-bond donors (Lipinski definition) is 1. The van der Waals surface area contributed by atoms with Gasteiger partial charge < -0.3 is 14.6 Å².